The molecule has 5 rings (SSSR count). The summed E-state index contributed by atoms with van der Waals surface area (Å²) in [5.74, 6) is -2.25. The lowest BCUT2D eigenvalue weighted by atomic mass is 9.96. The standard InChI is InChI=1S/C29H30Cl2N6O6/c30-21-10-18-13-36(27(40)17-4-3-16-6-9-43-23(16)11-17)8-5-20(18)25(31)24(21)26(39)35-22(28(41)42)12-33-29(34-15-32)37-7-1-2-19(38)14-37/h3-4,6,9-11,19,22,29,33-34,38H,1-2,5,7-8,12-14H2,(H,35,39)(H,41,42)/t19-,22+,29?/m1/s1. The molecule has 3 atom stereocenters. The average Bonchev–Trinajstić information content (AvgIpc) is 3.46. The van der Waals surface area contributed by atoms with E-state index in [0.29, 0.717) is 61.2 Å². The summed E-state index contributed by atoms with van der Waals surface area (Å²) >= 11 is 13.2. The lowest BCUT2D eigenvalue weighted by Crippen LogP contribution is -2.60. The fourth-order valence-electron chi connectivity index (χ4n) is 5.51. The van der Waals surface area contributed by atoms with Crippen molar-refractivity contribution in [2.45, 2.75) is 44.2 Å². The molecule has 226 valence electrons. The van der Waals surface area contributed by atoms with Crippen LogP contribution in [0.4, 0.5) is 0 Å². The maximum atomic E-state index is 13.3. The number of carbonyl (C=O) groups is 3. The largest absolute Gasteiger partial charge is 0.480 e. The van der Waals surface area contributed by atoms with Crippen molar-refractivity contribution in [3.05, 3.63) is 68.9 Å². The van der Waals surface area contributed by atoms with Gasteiger partial charge in [0.15, 0.2) is 6.19 Å². The van der Waals surface area contributed by atoms with E-state index in [2.05, 4.69) is 16.0 Å². The Balaban J connectivity index is 1.27. The van der Waals surface area contributed by atoms with Crippen LogP contribution in [0.25, 0.3) is 11.0 Å². The van der Waals surface area contributed by atoms with Crippen LogP contribution in [-0.4, -0.2) is 82.4 Å². The molecular weight excluding hydrogens is 599 g/mol. The fraction of sp³-hybridized carbons (Fsp3) is 0.379. The van der Waals surface area contributed by atoms with Gasteiger partial charge in [0.1, 0.15) is 17.9 Å². The van der Waals surface area contributed by atoms with Gasteiger partial charge in [0.05, 0.1) is 28.0 Å². The van der Waals surface area contributed by atoms with Gasteiger partial charge in [-0.15, -0.1) is 0 Å². The van der Waals surface area contributed by atoms with Gasteiger partial charge >= 0.3 is 5.97 Å². The Morgan fingerprint density at radius 1 is 1.19 bits per heavy atom. The van der Waals surface area contributed by atoms with Crippen molar-refractivity contribution in [2.24, 2.45) is 0 Å². The van der Waals surface area contributed by atoms with Crippen molar-refractivity contribution in [1.82, 2.24) is 25.8 Å². The number of carboxylic acids is 1. The van der Waals surface area contributed by atoms with E-state index in [1.807, 2.05) is 18.3 Å². The number of hydrogen-bond donors (Lipinski definition) is 5. The lowest BCUT2D eigenvalue weighted by molar-refractivity contribution is -0.139. The third kappa shape index (κ3) is 6.71. The second-order valence-electron chi connectivity index (χ2n) is 10.6. The monoisotopic (exact) mass is 628 g/mol. The highest BCUT2D eigenvalue weighted by molar-refractivity contribution is 6.40. The third-order valence-electron chi connectivity index (χ3n) is 7.74. The van der Waals surface area contributed by atoms with Crippen LogP contribution in [-0.2, 0) is 17.8 Å². The number of hydrogen-bond acceptors (Lipinski definition) is 9. The van der Waals surface area contributed by atoms with Crippen LogP contribution in [0, 0.1) is 11.5 Å². The Kier molecular flexibility index (Phi) is 9.39. The minimum Gasteiger partial charge on any atom is -0.480 e. The molecule has 5 N–H and O–H groups in total. The van der Waals surface area contributed by atoms with Crippen LogP contribution in [0.5, 0.6) is 0 Å². The van der Waals surface area contributed by atoms with Crippen molar-refractivity contribution >= 4 is 52.0 Å². The number of amides is 2. The number of furan rings is 1. The molecule has 1 aromatic heterocycles. The summed E-state index contributed by atoms with van der Waals surface area (Å²) < 4.78 is 5.42. The number of fused-ring (bicyclic) bond motifs is 2. The normalized spacial score (nSPS) is 18.4. The van der Waals surface area contributed by atoms with Crippen LogP contribution in [0.3, 0.4) is 0 Å². The number of halogens is 2. The topological polar surface area (TPSA) is 171 Å². The maximum Gasteiger partial charge on any atom is 0.327 e. The summed E-state index contributed by atoms with van der Waals surface area (Å²) in [4.78, 5) is 42.0. The van der Waals surface area contributed by atoms with E-state index in [9.17, 15) is 24.6 Å². The van der Waals surface area contributed by atoms with Crippen molar-refractivity contribution in [2.75, 3.05) is 26.2 Å². The second kappa shape index (κ2) is 13.2. The Labute approximate surface area is 257 Å². The minimum atomic E-state index is -1.38. The van der Waals surface area contributed by atoms with Gasteiger partial charge in [-0.3, -0.25) is 25.1 Å². The van der Waals surface area contributed by atoms with E-state index in [-0.39, 0.29) is 34.6 Å². The number of carboxylic acid groups (broad SMARTS) is 1. The molecule has 2 amide bonds. The minimum absolute atomic E-state index is 0.0241. The molecule has 2 aliphatic heterocycles. The van der Waals surface area contributed by atoms with E-state index < -0.39 is 30.3 Å². The third-order valence-corrected chi connectivity index (χ3v) is 8.45. The second-order valence-corrected chi connectivity index (χ2v) is 11.3. The maximum absolute atomic E-state index is 13.3. The Hall–Kier alpha value is -3.86. The molecule has 1 fully saturated rings. The van der Waals surface area contributed by atoms with Gasteiger partial charge in [0.2, 0.25) is 0 Å². The molecule has 3 heterocycles. The number of carbonyl (C=O) groups excluding carboxylic acids is 2. The first-order valence-electron chi connectivity index (χ1n) is 13.8. The quantitative estimate of drug-likeness (QED) is 0.135. The van der Waals surface area contributed by atoms with Gasteiger partial charge < -0.3 is 24.8 Å². The van der Waals surface area contributed by atoms with Crippen LogP contribution >= 0.6 is 23.2 Å². The lowest BCUT2D eigenvalue weighted by Gasteiger charge is -2.36. The molecule has 0 saturated carbocycles. The number of nitriles is 1. The van der Waals surface area contributed by atoms with Gasteiger partial charge in [-0.05, 0) is 54.7 Å². The molecule has 2 aliphatic rings. The number of β-amino-alcohol motifs (C(OH)–C–C–N with tert-alkyl or cyclic N) is 1. The van der Waals surface area contributed by atoms with E-state index in [1.165, 1.54) is 0 Å². The molecule has 0 spiro atoms. The summed E-state index contributed by atoms with van der Waals surface area (Å²) in [5, 5.41) is 38.0. The van der Waals surface area contributed by atoms with Crippen molar-refractivity contribution in [3.63, 3.8) is 0 Å². The predicted octanol–water partition coefficient (Wildman–Crippen LogP) is 2.52. The molecule has 0 aliphatic carbocycles. The molecule has 0 radical (unpaired) electrons. The van der Waals surface area contributed by atoms with E-state index in [1.54, 1.807) is 34.3 Å². The zero-order valence-corrected chi connectivity index (χ0v) is 24.5. The summed E-state index contributed by atoms with van der Waals surface area (Å²) in [6, 6.07) is 7.27. The number of nitrogens with one attached hydrogen (secondary N) is 3. The highest BCUT2D eigenvalue weighted by atomic mass is 35.5. The highest BCUT2D eigenvalue weighted by Crippen LogP contribution is 2.35. The number of piperidine rings is 1. The van der Waals surface area contributed by atoms with Gasteiger partial charge in [-0.25, -0.2) is 4.79 Å². The van der Waals surface area contributed by atoms with Crippen molar-refractivity contribution in [1.29, 1.82) is 5.26 Å². The average molecular weight is 630 g/mol. The number of benzene rings is 2. The van der Waals surface area contributed by atoms with Gasteiger partial charge in [-0.2, -0.15) is 5.26 Å². The molecule has 43 heavy (non-hydrogen) atoms. The Morgan fingerprint density at radius 3 is 2.74 bits per heavy atom. The van der Waals surface area contributed by atoms with Crippen molar-refractivity contribution in [3.8, 4) is 6.19 Å². The number of aliphatic hydroxyl groups is 1. The van der Waals surface area contributed by atoms with Gasteiger partial charge in [-0.1, -0.05) is 29.3 Å². The van der Waals surface area contributed by atoms with Crippen LogP contribution < -0.4 is 16.0 Å². The molecule has 12 nitrogen and oxygen atoms in total. The number of nitrogens with zero attached hydrogens (tertiary/aromatic N) is 3. The van der Waals surface area contributed by atoms with E-state index in [4.69, 9.17) is 32.9 Å². The van der Waals surface area contributed by atoms with Gasteiger partial charge in [0.25, 0.3) is 11.8 Å². The first kappa shape index (κ1) is 30.6. The fourth-order valence-corrected chi connectivity index (χ4v) is 6.28. The summed E-state index contributed by atoms with van der Waals surface area (Å²) in [6.07, 6.45) is 3.83. The Bertz CT molecular complexity index is 1590. The number of aliphatic hydroxyl groups excluding tert-OH is 1. The van der Waals surface area contributed by atoms with Crippen LogP contribution in [0.15, 0.2) is 41.0 Å². The van der Waals surface area contributed by atoms with Crippen LogP contribution in [0.1, 0.15) is 44.7 Å². The van der Waals surface area contributed by atoms with Crippen molar-refractivity contribution < 1.29 is 29.0 Å². The highest BCUT2D eigenvalue weighted by Gasteiger charge is 2.31. The zero-order valence-electron chi connectivity index (χ0n) is 23.0. The predicted molar refractivity (Wildman–Crippen MR) is 157 cm³/mol. The molecular formula is C29H30Cl2N6O6. The molecule has 1 saturated heterocycles. The number of rotatable bonds is 9. The Morgan fingerprint density at radius 2 is 2.00 bits per heavy atom. The number of aliphatic carboxylic acids is 1. The van der Waals surface area contributed by atoms with Gasteiger partial charge in [0, 0.05) is 43.7 Å². The van der Waals surface area contributed by atoms with E-state index in [0.717, 1.165) is 5.39 Å². The smallest absolute Gasteiger partial charge is 0.327 e. The molecule has 3 aromatic rings. The summed E-state index contributed by atoms with van der Waals surface area (Å²) in [5.41, 5.74) is 2.39. The molecule has 0 bridgehead atoms. The summed E-state index contributed by atoms with van der Waals surface area (Å²) in [6.45, 7) is 1.25. The van der Waals surface area contributed by atoms with E-state index >= 15 is 0 Å². The first-order valence-corrected chi connectivity index (χ1v) is 14.5. The SMILES string of the molecule is N#CNC(NC[C@H](NC(=O)c1c(Cl)cc2c(c1Cl)CCN(C(=O)c1ccc3ccoc3c1)C2)C(=O)O)N1CCC[C@@H](O)C1. The molecule has 14 heteroatoms. The molecule has 2 aromatic carbocycles. The van der Waals surface area contributed by atoms with Crippen LogP contribution in [0.2, 0.25) is 10.0 Å². The number of likely N-dealkylation sites (tertiary alicyclic amines) is 1. The zero-order chi connectivity index (χ0) is 30.7. The first-order chi connectivity index (χ1) is 20.7. The molecule has 1 unspecified atom stereocenters. The summed E-state index contributed by atoms with van der Waals surface area (Å²) in [7, 11) is 0.